The minimum atomic E-state index is -0.0688. The van der Waals surface area contributed by atoms with E-state index in [0.717, 1.165) is 22.5 Å². The van der Waals surface area contributed by atoms with Crippen LogP contribution in [-0.4, -0.2) is 27.3 Å². The number of carbonyl (C=O) groups is 1. The number of fused-ring (bicyclic) bond motifs is 1. The summed E-state index contributed by atoms with van der Waals surface area (Å²) in [6, 6.07) is 2.06. The van der Waals surface area contributed by atoms with Gasteiger partial charge in [-0.25, -0.2) is 4.98 Å². The average Bonchev–Trinajstić information content (AvgIpc) is 2.99. The van der Waals surface area contributed by atoms with Crippen molar-refractivity contribution in [2.75, 3.05) is 5.75 Å². The third-order valence-electron chi connectivity index (χ3n) is 3.68. The molecule has 0 aliphatic rings. The lowest BCUT2D eigenvalue weighted by Gasteiger charge is -2.12. The first kappa shape index (κ1) is 18.7. The molecule has 0 fully saturated rings. The maximum absolute atomic E-state index is 12.7. The summed E-state index contributed by atoms with van der Waals surface area (Å²) in [5.41, 5.74) is -0.0688. The molecule has 1 N–H and O–H groups in total. The van der Waals surface area contributed by atoms with Crippen molar-refractivity contribution in [1.82, 2.24) is 14.9 Å². The largest absolute Gasteiger partial charge is 0.353 e. The molecular weight excluding hydrogens is 342 g/mol. The molecule has 1 atom stereocenters. The van der Waals surface area contributed by atoms with Gasteiger partial charge < -0.3 is 5.32 Å². The fourth-order valence-corrected chi connectivity index (χ4v) is 4.00. The highest BCUT2D eigenvalue weighted by Crippen LogP contribution is 2.25. The van der Waals surface area contributed by atoms with E-state index >= 15 is 0 Å². The Balaban J connectivity index is 2.30. The van der Waals surface area contributed by atoms with E-state index in [0.29, 0.717) is 17.1 Å². The molecule has 0 saturated heterocycles. The van der Waals surface area contributed by atoms with Crippen LogP contribution in [-0.2, 0) is 17.8 Å². The fraction of sp³-hybridized carbons (Fsp3) is 0.471. The number of aromatic nitrogens is 2. The van der Waals surface area contributed by atoms with Crippen molar-refractivity contribution in [3.8, 4) is 0 Å². The fourth-order valence-electron chi connectivity index (χ4n) is 2.17. The second-order valence-electron chi connectivity index (χ2n) is 5.55. The lowest BCUT2D eigenvalue weighted by atomic mass is 10.3. The van der Waals surface area contributed by atoms with Gasteiger partial charge in [0.15, 0.2) is 5.16 Å². The number of amides is 1. The topological polar surface area (TPSA) is 64.0 Å². The van der Waals surface area contributed by atoms with E-state index in [1.54, 1.807) is 10.6 Å². The summed E-state index contributed by atoms with van der Waals surface area (Å²) in [6.45, 7) is 10.1. The molecule has 24 heavy (non-hydrogen) atoms. The molecule has 7 heteroatoms. The Morgan fingerprint density at radius 1 is 1.54 bits per heavy atom. The van der Waals surface area contributed by atoms with E-state index in [9.17, 15) is 9.59 Å². The van der Waals surface area contributed by atoms with E-state index in [2.05, 4.69) is 23.8 Å². The Labute approximate surface area is 150 Å². The normalized spacial score (nSPS) is 12.3. The molecule has 0 bridgehead atoms. The van der Waals surface area contributed by atoms with Crippen LogP contribution in [0.5, 0.6) is 0 Å². The van der Waals surface area contributed by atoms with E-state index in [1.807, 2.05) is 19.9 Å². The first-order valence-electron chi connectivity index (χ1n) is 8.06. The van der Waals surface area contributed by atoms with Crippen LogP contribution in [0, 0.1) is 0 Å². The third-order valence-corrected chi connectivity index (χ3v) is 5.83. The molecule has 2 aromatic rings. The van der Waals surface area contributed by atoms with Crippen LogP contribution in [0.15, 0.2) is 28.7 Å². The van der Waals surface area contributed by atoms with Crippen molar-refractivity contribution in [1.29, 1.82) is 0 Å². The Bertz CT molecular complexity index is 795. The molecule has 0 aliphatic heterocycles. The monoisotopic (exact) mass is 365 g/mol. The molecule has 0 radical (unpaired) electrons. The van der Waals surface area contributed by atoms with Gasteiger partial charge in [0.2, 0.25) is 5.91 Å². The summed E-state index contributed by atoms with van der Waals surface area (Å²) < 4.78 is 1.59. The number of thioether (sulfide) groups is 1. The van der Waals surface area contributed by atoms with Crippen LogP contribution in [0.3, 0.4) is 0 Å². The highest BCUT2D eigenvalue weighted by atomic mass is 32.2. The SMILES string of the molecule is C=CCn1c(SCC(=O)N[C@@H](C)CC)nc2sc(CC)cc2c1=O. The number of thiophene rings is 1. The van der Waals surface area contributed by atoms with Crippen LogP contribution in [0.4, 0.5) is 0 Å². The van der Waals surface area contributed by atoms with Crippen molar-refractivity contribution in [3.05, 3.63) is 34.0 Å². The molecule has 0 saturated carbocycles. The highest BCUT2D eigenvalue weighted by Gasteiger charge is 2.15. The number of rotatable bonds is 8. The van der Waals surface area contributed by atoms with E-state index in [-0.39, 0.29) is 23.3 Å². The smallest absolute Gasteiger partial charge is 0.263 e. The van der Waals surface area contributed by atoms with Gasteiger partial charge in [-0.3, -0.25) is 14.2 Å². The van der Waals surface area contributed by atoms with Crippen molar-refractivity contribution < 1.29 is 4.79 Å². The predicted molar refractivity (Wildman–Crippen MR) is 102 cm³/mol. The van der Waals surface area contributed by atoms with E-state index in [1.165, 1.54) is 23.1 Å². The number of hydrogen-bond donors (Lipinski definition) is 1. The highest BCUT2D eigenvalue weighted by molar-refractivity contribution is 7.99. The summed E-state index contributed by atoms with van der Waals surface area (Å²) >= 11 is 2.83. The molecule has 5 nitrogen and oxygen atoms in total. The van der Waals surface area contributed by atoms with Crippen molar-refractivity contribution in [2.24, 2.45) is 0 Å². The molecule has 0 aromatic carbocycles. The summed E-state index contributed by atoms with van der Waals surface area (Å²) in [4.78, 5) is 31.2. The second-order valence-corrected chi connectivity index (χ2v) is 7.61. The van der Waals surface area contributed by atoms with Crippen LogP contribution >= 0.6 is 23.1 Å². The van der Waals surface area contributed by atoms with Gasteiger partial charge in [-0.2, -0.15) is 0 Å². The summed E-state index contributed by atoms with van der Waals surface area (Å²) in [5, 5.41) is 4.14. The molecule has 0 spiro atoms. The van der Waals surface area contributed by atoms with Gasteiger partial charge in [-0.1, -0.05) is 31.7 Å². The predicted octanol–water partition coefficient (Wildman–Crippen LogP) is 3.21. The molecule has 0 aliphatic carbocycles. The second kappa shape index (κ2) is 8.48. The maximum atomic E-state index is 12.7. The minimum Gasteiger partial charge on any atom is -0.353 e. The molecule has 130 valence electrons. The van der Waals surface area contributed by atoms with Crippen LogP contribution < -0.4 is 10.9 Å². The van der Waals surface area contributed by atoms with Crippen molar-refractivity contribution in [3.63, 3.8) is 0 Å². The maximum Gasteiger partial charge on any atom is 0.263 e. The Morgan fingerprint density at radius 3 is 2.92 bits per heavy atom. The molecule has 2 aromatic heterocycles. The van der Waals surface area contributed by atoms with Crippen LogP contribution in [0.2, 0.25) is 0 Å². The van der Waals surface area contributed by atoms with Gasteiger partial charge >= 0.3 is 0 Å². The summed E-state index contributed by atoms with van der Waals surface area (Å²) in [6.07, 6.45) is 3.43. The zero-order valence-electron chi connectivity index (χ0n) is 14.3. The average molecular weight is 366 g/mol. The van der Waals surface area contributed by atoms with Crippen LogP contribution in [0.25, 0.3) is 10.2 Å². The quantitative estimate of drug-likeness (QED) is 0.443. The van der Waals surface area contributed by atoms with Gasteiger partial charge in [0.05, 0.1) is 11.1 Å². The van der Waals surface area contributed by atoms with Crippen molar-refractivity contribution >= 4 is 39.2 Å². The molecule has 2 rings (SSSR count). The standard InChI is InChI=1S/C17H23N3O2S2/c1-5-8-20-16(22)13-9-12(7-3)24-15(13)19-17(20)23-10-14(21)18-11(4)6-2/h5,9,11H,1,6-8,10H2,2-4H3,(H,18,21)/t11-/m0/s1. The zero-order chi connectivity index (χ0) is 17.7. The lowest BCUT2D eigenvalue weighted by Crippen LogP contribution is -2.33. The number of aryl methyl sites for hydroxylation is 1. The first-order chi connectivity index (χ1) is 11.5. The van der Waals surface area contributed by atoms with Gasteiger partial charge in [-0.15, -0.1) is 17.9 Å². The zero-order valence-corrected chi connectivity index (χ0v) is 15.9. The van der Waals surface area contributed by atoms with Crippen LogP contribution in [0.1, 0.15) is 32.1 Å². The summed E-state index contributed by atoms with van der Waals surface area (Å²) in [7, 11) is 0. The minimum absolute atomic E-state index is 0.0470. The number of nitrogens with one attached hydrogen (secondary N) is 1. The van der Waals surface area contributed by atoms with Crippen molar-refractivity contribution in [2.45, 2.75) is 51.4 Å². The molecule has 2 heterocycles. The Hall–Kier alpha value is -1.60. The first-order valence-corrected chi connectivity index (χ1v) is 9.86. The van der Waals surface area contributed by atoms with E-state index in [4.69, 9.17) is 0 Å². The van der Waals surface area contributed by atoms with Gasteiger partial charge in [0, 0.05) is 17.5 Å². The molecule has 0 unspecified atom stereocenters. The summed E-state index contributed by atoms with van der Waals surface area (Å²) in [5.74, 6) is 0.195. The molecule has 1 amide bonds. The lowest BCUT2D eigenvalue weighted by molar-refractivity contribution is -0.119. The number of carbonyl (C=O) groups excluding carboxylic acids is 1. The molecular formula is C17H23N3O2S2. The van der Waals surface area contributed by atoms with Gasteiger partial charge in [0.1, 0.15) is 4.83 Å². The number of allylic oxidation sites excluding steroid dienone is 1. The Kier molecular flexibility index (Phi) is 6.62. The Morgan fingerprint density at radius 2 is 2.29 bits per heavy atom. The van der Waals surface area contributed by atoms with Gasteiger partial charge in [0.25, 0.3) is 5.56 Å². The number of hydrogen-bond acceptors (Lipinski definition) is 5. The third kappa shape index (κ3) is 4.27. The number of nitrogens with zero attached hydrogens (tertiary/aromatic N) is 2. The van der Waals surface area contributed by atoms with Gasteiger partial charge in [-0.05, 0) is 25.8 Å². The van der Waals surface area contributed by atoms with E-state index < -0.39 is 0 Å².